The van der Waals surface area contributed by atoms with Crippen molar-refractivity contribution in [3.8, 4) is 0 Å². The number of hydrogen-bond acceptors (Lipinski definition) is 4. The van der Waals surface area contributed by atoms with Gasteiger partial charge < -0.3 is 9.47 Å². The van der Waals surface area contributed by atoms with E-state index in [1.807, 2.05) is 24.3 Å². The third kappa shape index (κ3) is 3.86. The fraction of sp³-hybridized carbons (Fsp3) is 0.429. The van der Waals surface area contributed by atoms with Crippen molar-refractivity contribution in [1.82, 2.24) is 8.87 Å². The van der Waals surface area contributed by atoms with Crippen LogP contribution in [0.15, 0.2) is 52.3 Å². The highest BCUT2D eigenvalue weighted by Gasteiger charge is 2.29. The van der Waals surface area contributed by atoms with Gasteiger partial charge in [0.15, 0.2) is 0 Å². The van der Waals surface area contributed by atoms with Crippen molar-refractivity contribution in [3.05, 3.63) is 58.5 Å². The Bertz CT molecular complexity index is 1070. The quantitative estimate of drug-likeness (QED) is 0.765. The van der Waals surface area contributed by atoms with Crippen molar-refractivity contribution in [3.63, 3.8) is 0 Å². The first-order chi connectivity index (χ1) is 14.0. The van der Waals surface area contributed by atoms with Crippen LogP contribution in [-0.4, -0.2) is 42.8 Å². The Hall–Kier alpha value is -2.45. The second-order valence-corrected chi connectivity index (χ2v) is 9.45. The van der Waals surface area contributed by atoms with Gasteiger partial charge >= 0.3 is 0 Å². The number of para-hydroxylation sites is 1. The number of pyridine rings is 1. The van der Waals surface area contributed by atoms with E-state index in [-0.39, 0.29) is 17.3 Å². The first-order valence-corrected chi connectivity index (χ1v) is 11.5. The molecule has 0 aliphatic carbocycles. The maximum Gasteiger partial charge on any atom is 0.271 e. The van der Waals surface area contributed by atoms with Gasteiger partial charge in [0.25, 0.3) is 5.56 Å². The van der Waals surface area contributed by atoms with Gasteiger partial charge in [-0.3, -0.25) is 9.59 Å². The zero-order valence-electron chi connectivity index (χ0n) is 16.3. The predicted molar refractivity (Wildman–Crippen MR) is 110 cm³/mol. The Balaban J connectivity index is 1.59. The van der Waals surface area contributed by atoms with Crippen LogP contribution in [0.4, 0.5) is 5.69 Å². The SMILES string of the molecule is O=C(Cn1cccc(S(=O)(=O)N2CCCCCC2)c1=O)N1CCc2ccccc21. The van der Waals surface area contributed by atoms with Crippen molar-refractivity contribution < 1.29 is 13.2 Å². The van der Waals surface area contributed by atoms with Gasteiger partial charge in [-0.05, 0) is 43.0 Å². The fourth-order valence-corrected chi connectivity index (χ4v) is 5.69. The summed E-state index contributed by atoms with van der Waals surface area (Å²) in [6, 6.07) is 10.6. The summed E-state index contributed by atoms with van der Waals surface area (Å²) in [4.78, 5) is 27.2. The Morgan fingerprint density at radius 3 is 2.41 bits per heavy atom. The average molecular weight is 416 g/mol. The molecule has 0 radical (unpaired) electrons. The number of carbonyl (C=O) groups excluding carboxylic acids is 1. The van der Waals surface area contributed by atoms with Crippen molar-refractivity contribution in [2.24, 2.45) is 0 Å². The molecular formula is C21H25N3O4S. The van der Waals surface area contributed by atoms with Crippen LogP contribution in [0.5, 0.6) is 0 Å². The van der Waals surface area contributed by atoms with E-state index in [9.17, 15) is 18.0 Å². The van der Waals surface area contributed by atoms with Gasteiger partial charge in [-0.2, -0.15) is 4.31 Å². The first kappa shape index (κ1) is 19.8. The number of sulfonamides is 1. The highest BCUT2D eigenvalue weighted by Crippen LogP contribution is 2.27. The van der Waals surface area contributed by atoms with Gasteiger partial charge in [0.05, 0.1) is 0 Å². The summed E-state index contributed by atoms with van der Waals surface area (Å²) in [5.74, 6) is -0.221. The third-order valence-electron chi connectivity index (χ3n) is 5.66. The molecule has 2 aromatic rings. The monoisotopic (exact) mass is 415 g/mol. The van der Waals surface area contributed by atoms with Gasteiger partial charge in [0.2, 0.25) is 15.9 Å². The maximum absolute atomic E-state index is 13.0. The summed E-state index contributed by atoms with van der Waals surface area (Å²) in [6.07, 6.45) is 5.85. The van der Waals surface area contributed by atoms with Crippen LogP contribution in [-0.2, 0) is 27.8 Å². The normalized spacial score (nSPS) is 17.7. The molecule has 2 aliphatic heterocycles. The second-order valence-electron chi connectivity index (χ2n) is 7.55. The molecule has 1 saturated heterocycles. The molecule has 154 valence electrons. The maximum atomic E-state index is 13.0. The van der Waals surface area contributed by atoms with Gasteiger partial charge in [0, 0.05) is 31.5 Å². The van der Waals surface area contributed by atoms with Gasteiger partial charge in [-0.1, -0.05) is 31.0 Å². The highest BCUT2D eigenvalue weighted by atomic mass is 32.2. The molecule has 8 heteroatoms. The fourth-order valence-electron chi connectivity index (χ4n) is 4.09. The lowest BCUT2D eigenvalue weighted by atomic mass is 10.2. The summed E-state index contributed by atoms with van der Waals surface area (Å²) in [5.41, 5.74) is 1.32. The molecule has 1 aromatic heterocycles. The smallest absolute Gasteiger partial charge is 0.271 e. The number of rotatable bonds is 4. The lowest BCUT2D eigenvalue weighted by Gasteiger charge is -2.21. The molecule has 0 saturated carbocycles. The van der Waals surface area contributed by atoms with E-state index in [1.54, 1.807) is 4.90 Å². The van der Waals surface area contributed by atoms with E-state index in [1.165, 1.54) is 27.2 Å². The molecule has 0 unspecified atom stereocenters. The third-order valence-corrected chi connectivity index (χ3v) is 7.57. The van der Waals surface area contributed by atoms with E-state index >= 15 is 0 Å². The Labute approximate surface area is 170 Å². The van der Waals surface area contributed by atoms with Crippen molar-refractivity contribution >= 4 is 21.6 Å². The molecule has 2 aliphatic rings. The molecular weight excluding hydrogens is 390 g/mol. The van der Waals surface area contributed by atoms with Gasteiger partial charge in [-0.25, -0.2) is 8.42 Å². The molecule has 7 nitrogen and oxygen atoms in total. The van der Waals surface area contributed by atoms with E-state index < -0.39 is 15.6 Å². The lowest BCUT2D eigenvalue weighted by molar-refractivity contribution is -0.119. The van der Waals surface area contributed by atoms with Crippen molar-refractivity contribution in [2.75, 3.05) is 24.5 Å². The summed E-state index contributed by atoms with van der Waals surface area (Å²) in [7, 11) is -3.87. The summed E-state index contributed by atoms with van der Waals surface area (Å²) >= 11 is 0. The summed E-state index contributed by atoms with van der Waals surface area (Å²) in [6.45, 7) is 1.25. The minimum atomic E-state index is -3.87. The molecule has 3 heterocycles. The predicted octanol–water partition coefficient (Wildman–Crippen LogP) is 2.00. The minimum Gasteiger partial charge on any atom is -0.310 e. The number of amides is 1. The second kappa shape index (κ2) is 8.12. The van der Waals surface area contributed by atoms with E-state index in [2.05, 4.69) is 0 Å². The minimum absolute atomic E-state index is 0.184. The number of aromatic nitrogens is 1. The molecule has 0 N–H and O–H groups in total. The topological polar surface area (TPSA) is 79.7 Å². The number of fused-ring (bicyclic) bond motifs is 1. The Morgan fingerprint density at radius 2 is 1.66 bits per heavy atom. The molecule has 0 spiro atoms. The van der Waals surface area contributed by atoms with Crippen LogP contribution < -0.4 is 10.5 Å². The Morgan fingerprint density at radius 1 is 0.931 bits per heavy atom. The molecule has 4 rings (SSSR count). The van der Waals surface area contributed by atoms with Crippen LogP contribution in [0.2, 0.25) is 0 Å². The molecule has 1 amide bonds. The zero-order chi connectivity index (χ0) is 20.4. The number of anilines is 1. The van der Waals surface area contributed by atoms with Crippen LogP contribution in [0, 0.1) is 0 Å². The number of nitrogens with zero attached hydrogens (tertiary/aromatic N) is 3. The van der Waals surface area contributed by atoms with Crippen molar-refractivity contribution in [2.45, 2.75) is 43.5 Å². The van der Waals surface area contributed by atoms with E-state index in [4.69, 9.17) is 0 Å². The standard InChI is InChI=1S/C21H25N3O4S/c25-20(24-15-11-17-8-3-4-9-18(17)24)16-22-12-7-10-19(21(22)26)29(27,28)23-13-5-1-2-6-14-23/h3-4,7-10,12H,1-2,5-6,11,13-16H2. The van der Waals surface area contributed by atoms with Crippen LogP contribution in [0.3, 0.4) is 0 Å². The number of hydrogen-bond donors (Lipinski definition) is 0. The zero-order valence-corrected chi connectivity index (χ0v) is 17.1. The highest BCUT2D eigenvalue weighted by molar-refractivity contribution is 7.89. The Kier molecular flexibility index (Phi) is 5.56. The summed E-state index contributed by atoms with van der Waals surface area (Å²) < 4.78 is 28.7. The van der Waals surface area contributed by atoms with Crippen LogP contribution >= 0.6 is 0 Å². The average Bonchev–Trinajstić information content (AvgIpc) is 2.94. The molecule has 0 atom stereocenters. The van der Waals surface area contributed by atoms with Crippen LogP contribution in [0.25, 0.3) is 0 Å². The first-order valence-electron chi connectivity index (χ1n) is 10.1. The van der Waals surface area contributed by atoms with E-state index in [0.717, 1.165) is 43.4 Å². The van der Waals surface area contributed by atoms with Gasteiger partial charge in [0.1, 0.15) is 11.4 Å². The largest absolute Gasteiger partial charge is 0.310 e. The van der Waals surface area contributed by atoms with Crippen LogP contribution in [0.1, 0.15) is 31.2 Å². The molecule has 1 aromatic carbocycles. The molecule has 1 fully saturated rings. The summed E-state index contributed by atoms with van der Waals surface area (Å²) in [5, 5.41) is 0. The number of carbonyl (C=O) groups is 1. The lowest BCUT2D eigenvalue weighted by Crippen LogP contribution is -2.39. The number of benzene rings is 1. The molecule has 0 bridgehead atoms. The van der Waals surface area contributed by atoms with E-state index in [0.29, 0.717) is 19.6 Å². The molecule has 29 heavy (non-hydrogen) atoms. The van der Waals surface area contributed by atoms with Crippen molar-refractivity contribution in [1.29, 1.82) is 0 Å². The van der Waals surface area contributed by atoms with Gasteiger partial charge in [-0.15, -0.1) is 0 Å².